The van der Waals surface area contributed by atoms with Crippen LogP contribution in [0.3, 0.4) is 0 Å². The van der Waals surface area contributed by atoms with Crippen molar-refractivity contribution in [1.82, 2.24) is 4.98 Å². The molecule has 3 heteroatoms. The molecule has 1 rings (SSSR count). The van der Waals surface area contributed by atoms with Gasteiger partial charge in [0, 0.05) is 21.8 Å². The molecule has 0 saturated carbocycles. The predicted octanol–water partition coefficient (Wildman–Crippen LogP) is 3.13. The summed E-state index contributed by atoms with van der Waals surface area (Å²) in [6.07, 6.45) is 6.88. The zero-order valence-corrected chi connectivity index (χ0v) is 9.00. The molecule has 0 bridgehead atoms. The van der Waals surface area contributed by atoms with Gasteiger partial charge in [0.05, 0.1) is 0 Å². The van der Waals surface area contributed by atoms with Crippen LogP contribution in [0.15, 0.2) is 21.8 Å². The van der Waals surface area contributed by atoms with Gasteiger partial charge in [0.2, 0.25) is 0 Å². The Labute approximate surface area is 79.7 Å². The maximum atomic E-state index is 4.10. The number of hydrogen-bond donors (Lipinski definition) is 0. The van der Waals surface area contributed by atoms with E-state index in [2.05, 4.69) is 34.1 Å². The molecule has 0 amide bonds. The van der Waals surface area contributed by atoms with Gasteiger partial charge in [-0.05, 0) is 34.2 Å². The molecule has 11 heavy (non-hydrogen) atoms. The van der Waals surface area contributed by atoms with Crippen molar-refractivity contribution in [3.8, 4) is 0 Å². The summed E-state index contributed by atoms with van der Waals surface area (Å²) < 4.78 is 1.12. The van der Waals surface area contributed by atoms with E-state index in [4.69, 9.17) is 0 Å². The fraction of sp³-hybridized carbons (Fsp3) is 0.375. The van der Waals surface area contributed by atoms with Crippen LogP contribution < -0.4 is 0 Å². The van der Waals surface area contributed by atoms with Crippen molar-refractivity contribution in [3.05, 3.63) is 22.4 Å². The van der Waals surface area contributed by atoms with Crippen molar-refractivity contribution in [2.24, 2.45) is 0 Å². The van der Waals surface area contributed by atoms with E-state index in [-0.39, 0.29) is 0 Å². The molecule has 0 aromatic carbocycles. The molecule has 0 spiro atoms. The zero-order chi connectivity index (χ0) is 8.27. The lowest BCUT2D eigenvalue weighted by atomic mass is 10.2. The lowest BCUT2D eigenvalue weighted by Gasteiger charge is -2.05. The van der Waals surface area contributed by atoms with Crippen LogP contribution in [-0.4, -0.2) is 11.2 Å². The molecule has 1 aromatic rings. The monoisotopic (exact) mass is 231 g/mol. The highest BCUT2D eigenvalue weighted by Gasteiger charge is 2.02. The molecule has 0 radical (unpaired) electrons. The number of pyridine rings is 1. The maximum absolute atomic E-state index is 4.10. The van der Waals surface area contributed by atoms with Crippen molar-refractivity contribution in [2.45, 2.75) is 18.2 Å². The van der Waals surface area contributed by atoms with E-state index in [0.717, 1.165) is 10.9 Å². The van der Waals surface area contributed by atoms with Crippen molar-refractivity contribution in [3.63, 3.8) is 0 Å². The van der Waals surface area contributed by atoms with Crippen molar-refractivity contribution in [2.75, 3.05) is 6.26 Å². The van der Waals surface area contributed by atoms with Gasteiger partial charge in [0.15, 0.2) is 0 Å². The first-order valence-electron chi connectivity index (χ1n) is 3.46. The number of thioether (sulfide) groups is 1. The first-order chi connectivity index (χ1) is 5.29. The Morgan fingerprint density at radius 2 is 2.27 bits per heavy atom. The van der Waals surface area contributed by atoms with Gasteiger partial charge < -0.3 is 0 Å². The molecular weight excluding hydrogens is 222 g/mol. The number of hydrogen-bond acceptors (Lipinski definition) is 2. The van der Waals surface area contributed by atoms with Gasteiger partial charge in [-0.3, -0.25) is 4.98 Å². The molecule has 1 heterocycles. The Morgan fingerprint density at radius 3 is 2.73 bits per heavy atom. The number of nitrogens with zero attached hydrogens (tertiary/aromatic N) is 1. The second-order valence-electron chi connectivity index (χ2n) is 2.16. The van der Waals surface area contributed by atoms with Gasteiger partial charge in [0.1, 0.15) is 0 Å². The Kier molecular flexibility index (Phi) is 3.40. The van der Waals surface area contributed by atoms with E-state index in [1.165, 1.54) is 10.5 Å². The summed E-state index contributed by atoms with van der Waals surface area (Å²) in [6.45, 7) is 2.15. The minimum Gasteiger partial charge on any atom is -0.262 e. The standard InChI is InChI=1S/C8H10BrNS/c1-3-6-7(9)4-10-5-8(6)11-2/h4-5H,3H2,1-2H3. The minimum atomic E-state index is 1.05. The Morgan fingerprint density at radius 1 is 1.55 bits per heavy atom. The summed E-state index contributed by atoms with van der Waals surface area (Å²) in [5.41, 5.74) is 1.35. The van der Waals surface area contributed by atoms with E-state index in [9.17, 15) is 0 Å². The van der Waals surface area contributed by atoms with Crippen LogP contribution in [0.2, 0.25) is 0 Å². The van der Waals surface area contributed by atoms with Crippen LogP contribution >= 0.6 is 27.7 Å². The summed E-state index contributed by atoms with van der Waals surface area (Å²) in [4.78, 5) is 5.36. The molecule has 1 aromatic heterocycles. The Balaban J connectivity index is 3.13. The average molecular weight is 232 g/mol. The summed E-state index contributed by atoms with van der Waals surface area (Å²) in [7, 11) is 0. The topological polar surface area (TPSA) is 12.9 Å². The third-order valence-electron chi connectivity index (χ3n) is 1.54. The van der Waals surface area contributed by atoms with Crippen LogP contribution in [0.1, 0.15) is 12.5 Å². The highest BCUT2D eigenvalue weighted by Crippen LogP contribution is 2.25. The van der Waals surface area contributed by atoms with Gasteiger partial charge in [-0.1, -0.05) is 6.92 Å². The SMILES string of the molecule is CCc1c(Br)cncc1SC. The molecular formula is C8H10BrNS. The van der Waals surface area contributed by atoms with E-state index in [1.54, 1.807) is 11.8 Å². The lowest BCUT2D eigenvalue weighted by molar-refractivity contribution is 1.03. The van der Waals surface area contributed by atoms with Crippen LogP contribution in [0.25, 0.3) is 0 Å². The molecule has 1 nitrogen and oxygen atoms in total. The lowest BCUT2D eigenvalue weighted by Crippen LogP contribution is -1.88. The number of aromatic nitrogens is 1. The number of rotatable bonds is 2. The summed E-state index contributed by atoms with van der Waals surface area (Å²) in [5, 5.41) is 0. The smallest absolute Gasteiger partial charge is 0.0413 e. The molecule has 0 unspecified atom stereocenters. The molecule has 0 fully saturated rings. The van der Waals surface area contributed by atoms with Crippen LogP contribution in [0.4, 0.5) is 0 Å². The minimum absolute atomic E-state index is 1.05. The third-order valence-corrected chi connectivity index (χ3v) is 3.01. The highest BCUT2D eigenvalue weighted by molar-refractivity contribution is 9.10. The molecule has 0 aliphatic heterocycles. The Bertz CT molecular complexity index is 250. The average Bonchev–Trinajstić information content (AvgIpc) is 2.04. The van der Waals surface area contributed by atoms with E-state index in [0.29, 0.717) is 0 Å². The van der Waals surface area contributed by atoms with Gasteiger partial charge in [-0.2, -0.15) is 0 Å². The molecule has 0 aliphatic rings. The van der Waals surface area contributed by atoms with Crippen molar-refractivity contribution >= 4 is 27.7 Å². The van der Waals surface area contributed by atoms with Crippen LogP contribution in [0.5, 0.6) is 0 Å². The summed E-state index contributed by atoms with van der Waals surface area (Å²) in [5.74, 6) is 0. The summed E-state index contributed by atoms with van der Waals surface area (Å²) in [6, 6.07) is 0. The van der Waals surface area contributed by atoms with Crippen LogP contribution in [-0.2, 0) is 6.42 Å². The molecule has 0 atom stereocenters. The van der Waals surface area contributed by atoms with E-state index in [1.807, 2.05) is 12.4 Å². The second-order valence-corrected chi connectivity index (χ2v) is 3.86. The van der Waals surface area contributed by atoms with Gasteiger partial charge in [-0.15, -0.1) is 11.8 Å². The maximum Gasteiger partial charge on any atom is 0.0413 e. The normalized spacial score (nSPS) is 10.1. The van der Waals surface area contributed by atoms with E-state index < -0.39 is 0 Å². The molecule has 0 saturated heterocycles. The van der Waals surface area contributed by atoms with Crippen LogP contribution in [0, 0.1) is 0 Å². The fourth-order valence-corrected chi connectivity index (χ4v) is 2.37. The molecule has 0 aliphatic carbocycles. The Hall–Kier alpha value is -0.0200. The largest absolute Gasteiger partial charge is 0.262 e. The predicted molar refractivity (Wildman–Crippen MR) is 53.1 cm³/mol. The second kappa shape index (κ2) is 4.12. The highest BCUT2D eigenvalue weighted by atomic mass is 79.9. The van der Waals surface area contributed by atoms with Gasteiger partial charge in [0.25, 0.3) is 0 Å². The molecule has 60 valence electrons. The van der Waals surface area contributed by atoms with Crippen molar-refractivity contribution < 1.29 is 0 Å². The van der Waals surface area contributed by atoms with Gasteiger partial charge >= 0.3 is 0 Å². The zero-order valence-electron chi connectivity index (χ0n) is 6.60. The quantitative estimate of drug-likeness (QED) is 0.726. The van der Waals surface area contributed by atoms with E-state index >= 15 is 0 Å². The summed E-state index contributed by atoms with van der Waals surface area (Å²) >= 11 is 5.21. The first kappa shape index (κ1) is 9.07. The number of halogens is 1. The molecule has 0 N–H and O–H groups in total. The van der Waals surface area contributed by atoms with Crippen molar-refractivity contribution in [1.29, 1.82) is 0 Å². The fourth-order valence-electron chi connectivity index (χ4n) is 0.963. The first-order valence-corrected chi connectivity index (χ1v) is 5.47. The van der Waals surface area contributed by atoms with Gasteiger partial charge in [-0.25, -0.2) is 0 Å². The third kappa shape index (κ3) is 1.97.